The molecule has 0 aliphatic carbocycles. The number of para-hydroxylation sites is 2. The Bertz CT molecular complexity index is 547. The number of carbonyl (C=O) groups excluding carboxylic acids is 1. The second kappa shape index (κ2) is 6.49. The van der Waals surface area contributed by atoms with E-state index in [1.54, 1.807) is 0 Å². The first-order chi connectivity index (χ1) is 9.61. The van der Waals surface area contributed by atoms with Crippen molar-refractivity contribution in [2.24, 2.45) is 11.7 Å². The fraction of sp³-hybridized carbons (Fsp3) is 0.429. The molecule has 108 valence electrons. The van der Waals surface area contributed by atoms with Gasteiger partial charge >= 0.3 is 0 Å². The number of carbonyl (C=O) groups is 1. The molecule has 20 heavy (non-hydrogen) atoms. The first-order valence-corrected chi connectivity index (χ1v) is 6.83. The minimum absolute atomic E-state index is 0.177. The van der Waals surface area contributed by atoms with Gasteiger partial charge < -0.3 is 10.7 Å². The van der Waals surface area contributed by atoms with Gasteiger partial charge in [-0.05, 0) is 18.1 Å². The summed E-state index contributed by atoms with van der Waals surface area (Å²) in [6.45, 7) is 4.52. The average molecular weight is 275 g/mol. The highest BCUT2D eigenvalue weighted by atomic mass is 16.1. The number of fused-ring (bicyclic) bond motifs is 1. The zero-order valence-electron chi connectivity index (χ0n) is 11.8. The van der Waals surface area contributed by atoms with E-state index in [9.17, 15) is 4.79 Å². The van der Waals surface area contributed by atoms with Crippen LogP contribution in [0.5, 0.6) is 0 Å². The number of rotatable bonds is 7. The van der Waals surface area contributed by atoms with E-state index in [2.05, 4.69) is 20.8 Å². The molecule has 0 saturated carbocycles. The van der Waals surface area contributed by atoms with Crippen molar-refractivity contribution in [2.45, 2.75) is 32.9 Å². The molecule has 0 fully saturated rings. The Morgan fingerprint density at radius 2 is 2.20 bits per heavy atom. The quantitative estimate of drug-likeness (QED) is 0.568. The summed E-state index contributed by atoms with van der Waals surface area (Å²) in [5, 5.41) is 0. The molecule has 6 heteroatoms. The lowest BCUT2D eigenvalue weighted by Crippen LogP contribution is -2.51. The molecule has 0 saturated heterocycles. The molecule has 1 aromatic heterocycles. The summed E-state index contributed by atoms with van der Waals surface area (Å²) in [4.78, 5) is 19.0. The number of nitrogens with zero attached hydrogens (tertiary/aromatic N) is 1. The predicted octanol–water partition coefficient (Wildman–Crippen LogP) is 1.06. The third-order valence-corrected chi connectivity index (χ3v) is 3.47. The number of amides is 1. The Hall–Kier alpha value is -1.92. The van der Waals surface area contributed by atoms with Crippen LogP contribution in [-0.2, 0) is 11.3 Å². The minimum Gasteiger partial charge on any atom is -0.368 e. The van der Waals surface area contributed by atoms with Crippen molar-refractivity contribution in [3.63, 3.8) is 0 Å². The second-order valence-corrected chi connectivity index (χ2v) is 4.96. The molecule has 5 N–H and O–H groups in total. The molecule has 0 radical (unpaired) electrons. The zero-order valence-corrected chi connectivity index (χ0v) is 11.8. The standard InChI is InChI=1S/C14H21N5O/c1-3-9(2)13(14(15)20)19-16-8-12-17-10-6-4-5-7-11(10)18-12/h4-7,9,13,16,19H,3,8H2,1-2H3,(H2,15,20)(H,17,18)/t9-,13-/m0/s1. The van der Waals surface area contributed by atoms with Gasteiger partial charge in [-0.15, -0.1) is 0 Å². The topological polar surface area (TPSA) is 95.8 Å². The van der Waals surface area contributed by atoms with Crippen molar-refractivity contribution in [3.8, 4) is 0 Å². The lowest BCUT2D eigenvalue weighted by molar-refractivity contribution is -0.121. The van der Waals surface area contributed by atoms with Crippen LogP contribution in [0.4, 0.5) is 0 Å². The maximum atomic E-state index is 11.4. The Morgan fingerprint density at radius 1 is 1.45 bits per heavy atom. The molecule has 0 aliphatic rings. The first-order valence-electron chi connectivity index (χ1n) is 6.83. The number of hydrogen-bond acceptors (Lipinski definition) is 4. The highest BCUT2D eigenvalue weighted by molar-refractivity contribution is 5.80. The lowest BCUT2D eigenvalue weighted by atomic mass is 9.99. The number of hydrazine groups is 1. The molecule has 0 aliphatic heterocycles. The molecule has 2 atom stereocenters. The monoisotopic (exact) mass is 275 g/mol. The van der Waals surface area contributed by atoms with Gasteiger partial charge in [-0.2, -0.15) is 0 Å². The summed E-state index contributed by atoms with van der Waals surface area (Å²) >= 11 is 0. The average Bonchev–Trinajstić information content (AvgIpc) is 2.85. The Kier molecular flexibility index (Phi) is 4.70. The van der Waals surface area contributed by atoms with Gasteiger partial charge in [0.2, 0.25) is 5.91 Å². The van der Waals surface area contributed by atoms with Crippen LogP contribution < -0.4 is 16.6 Å². The van der Waals surface area contributed by atoms with Crippen LogP contribution >= 0.6 is 0 Å². The van der Waals surface area contributed by atoms with Crippen molar-refractivity contribution in [2.75, 3.05) is 0 Å². The van der Waals surface area contributed by atoms with Gasteiger partial charge in [-0.1, -0.05) is 32.4 Å². The smallest absolute Gasteiger partial charge is 0.236 e. The third-order valence-electron chi connectivity index (χ3n) is 3.47. The van der Waals surface area contributed by atoms with Gasteiger partial charge in [-0.25, -0.2) is 15.8 Å². The first kappa shape index (κ1) is 14.5. The normalized spacial score (nSPS) is 14.3. The van der Waals surface area contributed by atoms with E-state index in [0.717, 1.165) is 23.3 Å². The maximum Gasteiger partial charge on any atom is 0.236 e. The van der Waals surface area contributed by atoms with Crippen molar-refractivity contribution in [1.29, 1.82) is 0 Å². The van der Waals surface area contributed by atoms with E-state index in [-0.39, 0.29) is 17.9 Å². The number of nitrogens with one attached hydrogen (secondary N) is 3. The minimum atomic E-state index is -0.385. The summed E-state index contributed by atoms with van der Waals surface area (Å²) < 4.78 is 0. The van der Waals surface area contributed by atoms with Crippen molar-refractivity contribution in [3.05, 3.63) is 30.1 Å². The number of primary amides is 1. The van der Waals surface area contributed by atoms with E-state index in [1.165, 1.54) is 0 Å². The highest BCUT2D eigenvalue weighted by Gasteiger charge is 2.20. The van der Waals surface area contributed by atoms with Crippen molar-refractivity contribution in [1.82, 2.24) is 20.8 Å². The van der Waals surface area contributed by atoms with Gasteiger partial charge in [-0.3, -0.25) is 4.79 Å². The Balaban J connectivity index is 1.92. The van der Waals surface area contributed by atoms with Crippen LogP contribution in [0, 0.1) is 5.92 Å². The van der Waals surface area contributed by atoms with Crippen molar-refractivity contribution >= 4 is 16.9 Å². The molecule has 6 nitrogen and oxygen atoms in total. The van der Waals surface area contributed by atoms with E-state index < -0.39 is 0 Å². The summed E-state index contributed by atoms with van der Waals surface area (Å²) in [5.41, 5.74) is 13.3. The van der Waals surface area contributed by atoms with Gasteiger partial charge in [0.25, 0.3) is 0 Å². The van der Waals surface area contributed by atoms with Gasteiger partial charge in [0, 0.05) is 0 Å². The fourth-order valence-corrected chi connectivity index (χ4v) is 2.06. The van der Waals surface area contributed by atoms with Crippen LogP contribution in [0.25, 0.3) is 11.0 Å². The second-order valence-electron chi connectivity index (χ2n) is 4.96. The third kappa shape index (κ3) is 3.34. The van der Waals surface area contributed by atoms with Crippen LogP contribution in [0.1, 0.15) is 26.1 Å². The zero-order chi connectivity index (χ0) is 14.5. The van der Waals surface area contributed by atoms with Crippen LogP contribution in [0.2, 0.25) is 0 Å². The number of benzene rings is 1. The summed E-state index contributed by atoms with van der Waals surface area (Å²) in [6, 6.07) is 7.45. The number of H-pyrrole nitrogens is 1. The molecular weight excluding hydrogens is 254 g/mol. The van der Waals surface area contributed by atoms with Gasteiger partial charge in [0.1, 0.15) is 11.9 Å². The summed E-state index contributed by atoms with van der Waals surface area (Å²) in [5.74, 6) is 0.637. The maximum absolute atomic E-state index is 11.4. The number of nitrogens with two attached hydrogens (primary N) is 1. The number of aromatic amines is 1. The Labute approximate surface area is 118 Å². The molecule has 1 heterocycles. The predicted molar refractivity (Wildman–Crippen MR) is 78.5 cm³/mol. The molecule has 2 aromatic rings. The SMILES string of the molecule is CC[C@H](C)[C@H](NNCc1nc2ccccc2[nH]1)C(N)=O. The molecule has 0 spiro atoms. The number of imidazole rings is 1. The van der Waals surface area contributed by atoms with Crippen LogP contribution in [-0.4, -0.2) is 21.9 Å². The molecule has 1 amide bonds. The number of hydrogen-bond donors (Lipinski definition) is 4. The van der Waals surface area contributed by atoms with Crippen LogP contribution in [0.3, 0.4) is 0 Å². The summed E-state index contributed by atoms with van der Waals surface area (Å²) in [6.07, 6.45) is 0.882. The molecule has 2 rings (SSSR count). The molecule has 0 unspecified atom stereocenters. The van der Waals surface area contributed by atoms with Crippen molar-refractivity contribution < 1.29 is 4.79 Å². The molecule has 1 aromatic carbocycles. The lowest BCUT2D eigenvalue weighted by Gasteiger charge is -2.21. The fourth-order valence-electron chi connectivity index (χ4n) is 2.06. The number of aromatic nitrogens is 2. The van der Waals surface area contributed by atoms with Crippen LogP contribution in [0.15, 0.2) is 24.3 Å². The van der Waals surface area contributed by atoms with Gasteiger partial charge in [0.05, 0.1) is 17.6 Å². The largest absolute Gasteiger partial charge is 0.368 e. The molecule has 0 bridgehead atoms. The van der Waals surface area contributed by atoms with E-state index in [4.69, 9.17) is 5.73 Å². The van der Waals surface area contributed by atoms with E-state index >= 15 is 0 Å². The van der Waals surface area contributed by atoms with E-state index in [1.807, 2.05) is 38.1 Å². The Morgan fingerprint density at radius 3 is 2.85 bits per heavy atom. The van der Waals surface area contributed by atoms with E-state index in [0.29, 0.717) is 6.54 Å². The summed E-state index contributed by atoms with van der Waals surface area (Å²) in [7, 11) is 0. The molecular formula is C14H21N5O. The highest BCUT2D eigenvalue weighted by Crippen LogP contribution is 2.10. The van der Waals surface area contributed by atoms with Gasteiger partial charge in [0.15, 0.2) is 0 Å².